The van der Waals surface area contributed by atoms with Gasteiger partial charge >= 0.3 is 0 Å². The fourth-order valence-corrected chi connectivity index (χ4v) is 4.06. The Morgan fingerprint density at radius 1 is 1.27 bits per heavy atom. The summed E-state index contributed by atoms with van der Waals surface area (Å²) >= 11 is 0. The molecule has 1 aliphatic heterocycles. The Hall–Kier alpha value is -2.06. The van der Waals surface area contributed by atoms with Gasteiger partial charge in [-0.1, -0.05) is 17.3 Å². The number of nitrogens with zero attached hydrogens (tertiary/aromatic N) is 4. The molecule has 2 heterocycles. The third-order valence-corrected chi connectivity index (χ3v) is 5.72. The molecule has 0 N–H and O–H groups in total. The number of hydrogen-bond acceptors (Lipinski definition) is 5. The molecule has 1 atom stereocenters. The summed E-state index contributed by atoms with van der Waals surface area (Å²) < 4.78 is 28.4. The first-order valence-electron chi connectivity index (χ1n) is 6.95. The van der Waals surface area contributed by atoms with E-state index in [9.17, 15) is 13.2 Å². The van der Waals surface area contributed by atoms with Crippen molar-refractivity contribution in [2.24, 2.45) is 0 Å². The van der Waals surface area contributed by atoms with Gasteiger partial charge in [-0.15, -0.1) is 5.10 Å². The quantitative estimate of drug-likeness (QED) is 0.788. The van der Waals surface area contributed by atoms with Crippen molar-refractivity contribution < 1.29 is 13.2 Å². The summed E-state index contributed by atoms with van der Waals surface area (Å²) in [6, 6.07) is 6.05. The molecule has 0 radical (unpaired) electrons. The Morgan fingerprint density at radius 3 is 2.59 bits per heavy atom. The summed E-state index contributed by atoms with van der Waals surface area (Å²) in [7, 11) is -3.54. The largest absolute Gasteiger partial charge is 0.295 e. The molecule has 1 aliphatic rings. The second kappa shape index (κ2) is 5.62. The summed E-state index contributed by atoms with van der Waals surface area (Å²) in [5.74, 6) is -0.0867. The van der Waals surface area contributed by atoms with E-state index in [2.05, 4.69) is 10.3 Å². The van der Waals surface area contributed by atoms with Gasteiger partial charge in [-0.05, 0) is 25.5 Å². The van der Waals surface area contributed by atoms with E-state index in [0.717, 1.165) is 0 Å². The van der Waals surface area contributed by atoms with Gasteiger partial charge in [-0.25, -0.2) is 13.1 Å². The van der Waals surface area contributed by atoms with Gasteiger partial charge in [0, 0.05) is 24.8 Å². The SMILES string of the molecule is CC(=O)c1ccc(S(=O)(=O)N2CC[C@@H](n3ccnn3)C2)cc1. The van der Waals surface area contributed by atoms with E-state index in [1.165, 1.54) is 23.4 Å². The van der Waals surface area contributed by atoms with Crippen molar-refractivity contribution in [3.63, 3.8) is 0 Å². The van der Waals surface area contributed by atoms with Crippen LogP contribution < -0.4 is 0 Å². The Kier molecular flexibility index (Phi) is 3.79. The molecule has 1 saturated heterocycles. The first-order valence-corrected chi connectivity index (χ1v) is 8.39. The second-order valence-electron chi connectivity index (χ2n) is 5.27. The first-order chi connectivity index (χ1) is 10.5. The number of carbonyl (C=O) groups excluding carboxylic acids is 1. The van der Waals surface area contributed by atoms with Crippen molar-refractivity contribution >= 4 is 15.8 Å². The molecule has 1 fully saturated rings. The van der Waals surface area contributed by atoms with Crippen molar-refractivity contribution in [3.05, 3.63) is 42.2 Å². The fraction of sp³-hybridized carbons (Fsp3) is 0.357. The molecule has 1 aromatic carbocycles. The monoisotopic (exact) mass is 320 g/mol. The predicted molar refractivity (Wildman–Crippen MR) is 78.9 cm³/mol. The highest BCUT2D eigenvalue weighted by Crippen LogP contribution is 2.26. The van der Waals surface area contributed by atoms with Gasteiger partial charge in [0.15, 0.2) is 5.78 Å². The number of ketones is 1. The molecule has 7 nitrogen and oxygen atoms in total. The standard InChI is InChI=1S/C14H16N4O3S/c1-11(19)12-2-4-14(5-3-12)22(20,21)17-8-6-13(10-17)18-9-7-15-16-18/h2-5,7,9,13H,6,8,10H2,1H3/t13-/m1/s1. The maximum absolute atomic E-state index is 12.6. The smallest absolute Gasteiger partial charge is 0.243 e. The molecule has 0 saturated carbocycles. The lowest BCUT2D eigenvalue weighted by atomic mass is 10.2. The molecule has 22 heavy (non-hydrogen) atoms. The highest BCUT2D eigenvalue weighted by Gasteiger charge is 2.33. The number of carbonyl (C=O) groups is 1. The van der Waals surface area contributed by atoms with Crippen LogP contribution in [0.4, 0.5) is 0 Å². The van der Waals surface area contributed by atoms with Gasteiger partial charge in [0.2, 0.25) is 10.0 Å². The maximum Gasteiger partial charge on any atom is 0.243 e. The Morgan fingerprint density at radius 2 is 2.00 bits per heavy atom. The van der Waals surface area contributed by atoms with E-state index in [1.54, 1.807) is 29.2 Å². The minimum atomic E-state index is -3.54. The zero-order chi connectivity index (χ0) is 15.7. The minimum absolute atomic E-state index is 0.00812. The van der Waals surface area contributed by atoms with Crippen LogP contribution in [0.3, 0.4) is 0 Å². The number of benzene rings is 1. The minimum Gasteiger partial charge on any atom is -0.295 e. The molecular weight excluding hydrogens is 304 g/mol. The molecule has 116 valence electrons. The lowest BCUT2D eigenvalue weighted by Gasteiger charge is -2.16. The predicted octanol–water partition coefficient (Wildman–Crippen LogP) is 1.12. The van der Waals surface area contributed by atoms with Crippen molar-refractivity contribution in [2.75, 3.05) is 13.1 Å². The van der Waals surface area contributed by atoms with Crippen LogP contribution in [0.5, 0.6) is 0 Å². The van der Waals surface area contributed by atoms with E-state index in [0.29, 0.717) is 25.1 Å². The third-order valence-electron chi connectivity index (χ3n) is 3.84. The van der Waals surface area contributed by atoms with Crippen LogP contribution >= 0.6 is 0 Å². The molecule has 0 bridgehead atoms. The summed E-state index contributed by atoms with van der Waals surface area (Å²) in [5, 5.41) is 7.68. The van der Waals surface area contributed by atoms with Crippen molar-refractivity contribution in [1.29, 1.82) is 0 Å². The van der Waals surface area contributed by atoms with Crippen LogP contribution in [-0.2, 0) is 10.0 Å². The maximum atomic E-state index is 12.6. The molecular formula is C14H16N4O3S. The molecule has 0 spiro atoms. The first kappa shape index (κ1) is 14.9. The summed E-state index contributed by atoms with van der Waals surface area (Å²) in [6.45, 7) is 2.27. The van der Waals surface area contributed by atoms with Crippen LogP contribution in [0.2, 0.25) is 0 Å². The highest BCUT2D eigenvalue weighted by molar-refractivity contribution is 7.89. The highest BCUT2D eigenvalue weighted by atomic mass is 32.2. The van der Waals surface area contributed by atoms with E-state index >= 15 is 0 Å². The topological polar surface area (TPSA) is 85.2 Å². The number of sulfonamides is 1. The summed E-state index contributed by atoms with van der Waals surface area (Å²) in [4.78, 5) is 11.5. The molecule has 0 amide bonds. The molecule has 1 aromatic heterocycles. The van der Waals surface area contributed by atoms with Gasteiger partial charge in [-0.3, -0.25) is 4.79 Å². The van der Waals surface area contributed by atoms with E-state index in [-0.39, 0.29) is 16.7 Å². The Labute approximate surface area is 128 Å². The lowest BCUT2D eigenvalue weighted by Crippen LogP contribution is -2.29. The molecule has 0 aliphatic carbocycles. The normalized spacial score (nSPS) is 19.4. The van der Waals surface area contributed by atoms with Crippen LogP contribution in [-0.4, -0.2) is 46.6 Å². The average molecular weight is 320 g/mol. The van der Waals surface area contributed by atoms with Crippen LogP contribution in [0, 0.1) is 0 Å². The molecule has 8 heteroatoms. The van der Waals surface area contributed by atoms with Gasteiger partial charge in [0.05, 0.1) is 17.1 Å². The van der Waals surface area contributed by atoms with Gasteiger partial charge in [0.1, 0.15) is 0 Å². The van der Waals surface area contributed by atoms with E-state index < -0.39 is 10.0 Å². The van der Waals surface area contributed by atoms with Gasteiger partial charge in [0.25, 0.3) is 0 Å². The van der Waals surface area contributed by atoms with Gasteiger partial charge in [-0.2, -0.15) is 4.31 Å². The summed E-state index contributed by atoms with van der Waals surface area (Å²) in [6.07, 6.45) is 4.02. The fourth-order valence-electron chi connectivity index (χ4n) is 2.57. The summed E-state index contributed by atoms with van der Waals surface area (Å²) in [5.41, 5.74) is 0.501. The molecule has 2 aromatic rings. The van der Waals surface area contributed by atoms with Crippen LogP contribution in [0.1, 0.15) is 29.7 Å². The lowest BCUT2D eigenvalue weighted by molar-refractivity contribution is 0.101. The van der Waals surface area contributed by atoms with E-state index in [1.807, 2.05) is 0 Å². The number of rotatable bonds is 4. The number of hydrogen-bond donors (Lipinski definition) is 0. The Balaban J connectivity index is 1.80. The van der Waals surface area contributed by atoms with Crippen molar-refractivity contribution in [3.8, 4) is 0 Å². The van der Waals surface area contributed by atoms with Gasteiger partial charge < -0.3 is 0 Å². The zero-order valence-corrected chi connectivity index (χ0v) is 12.9. The molecule has 0 unspecified atom stereocenters. The van der Waals surface area contributed by atoms with Crippen molar-refractivity contribution in [1.82, 2.24) is 19.3 Å². The molecule has 3 rings (SSSR count). The van der Waals surface area contributed by atoms with E-state index in [4.69, 9.17) is 0 Å². The Bertz CT molecular complexity index is 769. The van der Waals surface area contributed by atoms with Crippen LogP contribution in [0.25, 0.3) is 0 Å². The van der Waals surface area contributed by atoms with Crippen molar-refractivity contribution in [2.45, 2.75) is 24.3 Å². The zero-order valence-electron chi connectivity index (χ0n) is 12.1. The average Bonchev–Trinajstić information content (AvgIpc) is 3.18. The number of Topliss-reactive ketones (excluding diaryl/α,β-unsaturated/α-hetero) is 1. The second-order valence-corrected chi connectivity index (χ2v) is 7.21. The van der Waals surface area contributed by atoms with Crippen LogP contribution in [0.15, 0.2) is 41.6 Å². The number of aromatic nitrogens is 3. The third kappa shape index (κ3) is 2.67.